The van der Waals surface area contributed by atoms with E-state index in [1.54, 1.807) is 24.4 Å². The van der Waals surface area contributed by atoms with Gasteiger partial charge >= 0.3 is 0 Å². The first-order valence-electron chi connectivity index (χ1n) is 5.35. The van der Waals surface area contributed by atoms with Gasteiger partial charge in [-0.1, -0.05) is 25.5 Å². The Bertz CT molecular complexity index is 375. The van der Waals surface area contributed by atoms with Crippen molar-refractivity contribution in [2.75, 3.05) is 0 Å². The third kappa shape index (κ3) is 3.73. The van der Waals surface area contributed by atoms with Crippen LogP contribution in [0.3, 0.4) is 0 Å². The summed E-state index contributed by atoms with van der Waals surface area (Å²) >= 11 is 0. The first-order chi connectivity index (χ1) is 7.75. The van der Waals surface area contributed by atoms with E-state index in [9.17, 15) is 9.90 Å². The number of nitrogens with zero attached hydrogens (tertiary/aromatic N) is 1. The molecule has 0 aliphatic carbocycles. The SMILES string of the molecule is CCCCC=NNC(=O)c1ccccc1O. The molecule has 0 radical (unpaired) electrons. The van der Waals surface area contributed by atoms with Crippen molar-refractivity contribution in [3.8, 4) is 5.75 Å². The van der Waals surface area contributed by atoms with E-state index in [2.05, 4.69) is 17.5 Å². The molecule has 0 fully saturated rings. The minimum Gasteiger partial charge on any atom is -0.507 e. The second-order valence-corrected chi connectivity index (χ2v) is 3.41. The number of para-hydroxylation sites is 1. The van der Waals surface area contributed by atoms with Gasteiger partial charge in [0.15, 0.2) is 0 Å². The fourth-order valence-electron chi connectivity index (χ4n) is 1.19. The Morgan fingerprint density at radius 3 is 2.94 bits per heavy atom. The Balaban J connectivity index is 2.47. The van der Waals surface area contributed by atoms with Crippen LogP contribution in [0.1, 0.15) is 36.5 Å². The quantitative estimate of drug-likeness (QED) is 0.454. The lowest BCUT2D eigenvalue weighted by Gasteiger charge is -2.01. The average molecular weight is 220 g/mol. The summed E-state index contributed by atoms with van der Waals surface area (Å²) in [4.78, 5) is 11.5. The Kier molecular flexibility index (Phi) is 5.05. The van der Waals surface area contributed by atoms with E-state index in [1.807, 2.05) is 0 Å². The summed E-state index contributed by atoms with van der Waals surface area (Å²) < 4.78 is 0. The zero-order valence-corrected chi connectivity index (χ0v) is 9.31. The Morgan fingerprint density at radius 2 is 2.25 bits per heavy atom. The monoisotopic (exact) mass is 220 g/mol. The molecule has 0 aliphatic heterocycles. The van der Waals surface area contributed by atoms with Gasteiger partial charge in [0, 0.05) is 6.21 Å². The van der Waals surface area contributed by atoms with Crippen molar-refractivity contribution in [3.63, 3.8) is 0 Å². The molecule has 0 atom stereocenters. The van der Waals surface area contributed by atoms with Gasteiger partial charge < -0.3 is 5.11 Å². The first-order valence-corrected chi connectivity index (χ1v) is 5.35. The molecule has 1 aromatic carbocycles. The van der Waals surface area contributed by atoms with Crippen molar-refractivity contribution in [2.45, 2.75) is 26.2 Å². The second kappa shape index (κ2) is 6.61. The van der Waals surface area contributed by atoms with E-state index in [0.717, 1.165) is 19.3 Å². The number of unbranched alkanes of at least 4 members (excludes halogenated alkanes) is 2. The van der Waals surface area contributed by atoms with Crippen molar-refractivity contribution in [3.05, 3.63) is 29.8 Å². The van der Waals surface area contributed by atoms with Crippen molar-refractivity contribution >= 4 is 12.1 Å². The third-order valence-corrected chi connectivity index (χ3v) is 2.09. The van der Waals surface area contributed by atoms with Gasteiger partial charge in [-0.25, -0.2) is 5.43 Å². The van der Waals surface area contributed by atoms with Gasteiger partial charge in [-0.2, -0.15) is 5.10 Å². The van der Waals surface area contributed by atoms with Crippen LogP contribution in [0.25, 0.3) is 0 Å². The molecule has 0 saturated carbocycles. The molecule has 0 unspecified atom stereocenters. The number of phenols is 1. The van der Waals surface area contributed by atoms with Crippen LogP contribution in [-0.4, -0.2) is 17.2 Å². The second-order valence-electron chi connectivity index (χ2n) is 3.41. The summed E-state index contributed by atoms with van der Waals surface area (Å²) in [6.07, 6.45) is 4.66. The summed E-state index contributed by atoms with van der Waals surface area (Å²) in [5.41, 5.74) is 2.60. The minimum absolute atomic E-state index is 0.0382. The summed E-state index contributed by atoms with van der Waals surface area (Å²) in [6.45, 7) is 2.09. The molecule has 1 rings (SSSR count). The Labute approximate surface area is 95.0 Å². The maximum absolute atomic E-state index is 11.5. The largest absolute Gasteiger partial charge is 0.507 e. The zero-order chi connectivity index (χ0) is 11.8. The van der Waals surface area contributed by atoms with Crippen LogP contribution in [0.15, 0.2) is 29.4 Å². The van der Waals surface area contributed by atoms with Crippen LogP contribution in [0.5, 0.6) is 5.75 Å². The minimum atomic E-state index is -0.397. The van der Waals surface area contributed by atoms with E-state index >= 15 is 0 Å². The van der Waals surface area contributed by atoms with Crippen LogP contribution in [0.4, 0.5) is 0 Å². The number of hydrogen-bond donors (Lipinski definition) is 2. The molecule has 1 aromatic rings. The van der Waals surface area contributed by atoms with Gasteiger partial charge in [-0.05, 0) is 25.0 Å². The van der Waals surface area contributed by atoms with Crippen LogP contribution in [0.2, 0.25) is 0 Å². The molecule has 0 spiro atoms. The van der Waals surface area contributed by atoms with E-state index < -0.39 is 5.91 Å². The number of carbonyl (C=O) groups is 1. The number of benzene rings is 1. The van der Waals surface area contributed by atoms with Crippen molar-refractivity contribution < 1.29 is 9.90 Å². The van der Waals surface area contributed by atoms with Gasteiger partial charge in [0.1, 0.15) is 5.75 Å². The smallest absolute Gasteiger partial charge is 0.275 e. The number of carbonyl (C=O) groups excluding carboxylic acids is 1. The van der Waals surface area contributed by atoms with E-state index in [4.69, 9.17) is 0 Å². The molecular formula is C12H16N2O2. The van der Waals surface area contributed by atoms with Gasteiger partial charge in [-0.3, -0.25) is 4.79 Å². The highest BCUT2D eigenvalue weighted by atomic mass is 16.3. The molecule has 4 heteroatoms. The lowest BCUT2D eigenvalue weighted by molar-refractivity contribution is 0.0952. The molecule has 0 bridgehead atoms. The first kappa shape index (κ1) is 12.2. The molecule has 4 nitrogen and oxygen atoms in total. The number of hydrogen-bond acceptors (Lipinski definition) is 3. The molecule has 1 amide bonds. The molecule has 2 N–H and O–H groups in total. The highest BCUT2D eigenvalue weighted by molar-refractivity contribution is 5.96. The standard InChI is InChI=1S/C12H16N2O2/c1-2-3-6-9-13-14-12(16)10-7-4-5-8-11(10)15/h4-5,7-9,15H,2-3,6H2,1H3,(H,14,16). The van der Waals surface area contributed by atoms with Gasteiger partial charge in [0.25, 0.3) is 5.91 Å². The molecule has 0 aliphatic rings. The lowest BCUT2D eigenvalue weighted by Crippen LogP contribution is -2.17. The van der Waals surface area contributed by atoms with Gasteiger partial charge in [0.05, 0.1) is 5.56 Å². The fraction of sp³-hybridized carbons (Fsp3) is 0.333. The van der Waals surface area contributed by atoms with Crippen LogP contribution >= 0.6 is 0 Å². The van der Waals surface area contributed by atoms with Crippen LogP contribution < -0.4 is 5.43 Å². The lowest BCUT2D eigenvalue weighted by atomic mass is 10.2. The molecule has 0 aromatic heterocycles. The predicted molar refractivity (Wildman–Crippen MR) is 63.6 cm³/mol. The normalized spacial score (nSPS) is 10.6. The molecule has 0 heterocycles. The van der Waals surface area contributed by atoms with Crippen molar-refractivity contribution in [1.82, 2.24) is 5.43 Å². The third-order valence-electron chi connectivity index (χ3n) is 2.09. The number of rotatable bonds is 5. The number of aromatic hydroxyl groups is 1. The maximum Gasteiger partial charge on any atom is 0.275 e. The van der Waals surface area contributed by atoms with Crippen molar-refractivity contribution in [1.29, 1.82) is 0 Å². The van der Waals surface area contributed by atoms with Crippen molar-refractivity contribution in [2.24, 2.45) is 5.10 Å². The number of amides is 1. The Morgan fingerprint density at radius 1 is 1.50 bits per heavy atom. The topological polar surface area (TPSA) is 61.7 Å². The summed E-state index contributed by atoms with van der Waals surface area (Å²) in [5.74, 6) is -0.436. The fourth-order valence-corrected chi connectivity index (χ4v) is 1.19. The van der Waals surface area contributed by atoms with E-state index in [1.165, 1.54) is 6.07 Å². The summed E-state index contributed by atoms with van der Waals surface area (Å²) in [7, 11) is 0. The van der Waals surface area contributed by atoms with Crippen LogP contribution in [-0.2, 0) is 0 Å². The van der Waals surface area contributed by atoms with E-state index in [0.29, 0.717) is 0 Å². The number of phenolic OH excluding ortho intramolecular Hbond substituents is 1. The average Bonchev–Trinajstić information content (AvgIpc) is 2.29. The molecule has 0 saturated heterocycles. The highest BCUT2D eigenvalue weighted by Crippen LogP contribution is 2.14. The van der Waals surface area contributed by atoms with Crippen LogP contribution in [0, 0.1) is 0 Å². The van der Waals surface area contributed by atoms with Gasteiger partial charge in [0.2, 0.25) is 0 Å². The zero-order valence-electron chi connectivity index (χ0n) is 9.31. The highest BCUT2D eigenvalue weighted by Gasteiger charge is 2.08. The Hall–Kier alpha value is -1.84. The predicted octanol–water partition coefficient (Wildman–Crippen LogP) is 2.30. The molecular weight excluding hydrogens is 204 g/mol. The number of nitrogens with one attached hydrogen (secondary N) is 1. The summed E-state index contributed by atoms with van der Waals surface area (Å²) in [6, 6.07) is 6.37. The molecule has 16 heavy (non-hydrogen) atoms. The van der Waals surface area contributed by atoms with Gasteiger partial charge in [-0.15, -0.1) is 0 Å². The molecule has 86 valence electrons. The number of hydrazone groups is 1. The van der Waals surface area contributed by atoms with E-state index in [-0.39, 0.29) is 11.3 Å². The summed E-state index contributed by atoms with van der Waals surface area (Å²) in [5, 5.41) is 13.2. The maximum atomic E-state index is 11.5.